The Labute approximate surface area is 82.6 Å². The summed E-state index contributed by atoms with van der Waals surface area (Å²) in [6, 6.07) is 8.10. The van der Waals surface area contributed by atoms with Crippen molar-refractivity contribution in [2.75, 3.05) is 0 Å². The van der Waals surface area contributed by atoms with E-state index >= 15 is 0 Å². The van der Waals surface area contributed by atoms with Crippen molar-refractivity contribution < 1.29 is 4.79 Å². The van der Waals surface area contributed by atoms with E-state index in [1.165, 1.54) is 10.9 Å². The molecule has 0 bridgehead atoms. The van der Waals surface area contributed by atoms with Crippen molar-refractivity contribution in [3.05, 3.63) is 42.2 Å². The highest BCUT2D eigenvalue weighted by Gasteiger charge is 1.99. The SMILES string of the molecule is O=CCCc1cccc2cnccc12. The molecule has 0 radical (unpaired) electrons. The summed E-state index contributed by atoms with van der Waals surface area (Å²) in [5.41, 5.74) is 1.22. The largest absolute Gasteiger partial charge is 0.303 e. The highest BCUT2D eigenvalue weighted by atomic mass is 16.1. The van der Waals surface area contributed by atoms with Crippen LogP contribution in [-0.4, -0.2) is 11.3 Å². The maximum Gasteiger partial charge on any atom is 0.120 e. The molecule has 2 aromatic rings. The second-order valence-corrected chi connectivity index (χ2v) is 3.22. The lowest BCUT2D eigenvalue weighted by molar-refractivity contribution is -0.107. The lowest BCUT2D eigenvalue weighted by atomic mass is 10.0. The van der Waals surface area contributed by atoms with Crippen molar-refractivity contribution in [3.8, 4) is 0 Å². The zero-order valence-electron chi connectivity index (χ0n) is 7.81. The summed E-state index contributed by atoms with van der Waals surface area (Å²) in [4.78, 5) is 14.4. The molecule has 70 valence electrons. The molecule has 0 fully saturated rings. The minimum atomic E-state index is 0.585. The van der Waals surface area contributed by atoms with Crippen molar-refractivity contribution in [2.24, 2.45) is 0 Å². The number of hydrogen-bond acceptors (Lipinski definition) is 2. The van der Waals surface area contributed by atoms with Crippen LogP contribution >= 0.6 is 0 Å². The van der Waals surface area contributed by atoms with Gasteiger partial charge in [-0.3, -0.25) is 4.98 Å². The van der Waals surface area contributed by atoms with E-state index in [0.717, 1.165) is 18.1 Å². The Hall–Kier alpha value is -1.70. The van der Waals surface area contributed by atoms with Gasteiger partial charge in [-0.1, -0.05) is 18.2 Å². The summed E-state index contributed by atoms with van der Waals surface area (Å²) in [5, 5.41) is 2.33. The molecule has 0 aliphatic rings. The molecule has 2 nitrogen and oxygen atoms in total. The predicted octanol–water partition coefficient (Wildman–Crippen LogP) is 2.37. The molecule has 0 spiro atoms. The highest BCUT2D eigenvalue weighted by molar-refractivity contribution is 5.84. The highest BCUT2D eigenvalue weighted by Crippen LogP contribution is 2.18. The number of pyridine rings is 1. The average Bonchev–Trinajstić information content (AvgIpc) is 2.26. The zero-order valence-corrected chi connectivity index (χ0v) is 7.81. The third-order valence-corrected chi connectivity index (χ3v) is 2.30. The molecule has 2 rings (SSSR count). The van der Waals surface area contributed by atoms with Crippen LogP contribution in [0.4, 0.5) is 0 Å². The van der Waals surface area contributed by atoms with Gasteiger partial charge in [0.25, 0.3) is 0 Å². The van der Waals surface area contributed by atoms with Gasteiger partial charge in [-0.15, -0.1) is 0 Å². The van der Waals surface area contributed by atoms with Crippen LogP contribution in [0.25, 0.3) is 10.8 Å². The fourth-order valence-corrected chi connectivity index (χ4v) is 1.62. The van der Waals surface area contributed by atoms with Gasteiger partial charge in [-0.2, -0.15) is 0 Å². The Balaban J connectivity index is 2.48. The van der Waals surface area contributed by atoms with Crippen molar-refractivity contribution in [1.82, 2.24) is 4.98 Å². The first-order valence-corrected chi connectivity index (χ1v) is 4.67. The summed E-state index contributed by atoms with van der Waals surface area (Å²) in [5.74, 6) is 0. The molecule has 0 atom stereocenters. The normalized spacial score (nSPS) is 10.3. The van der Waals surface area contributed by atoms with Crippen LogP contribution in [0.3, 0.4) is 0 Å². The number of rotatable bonds is 3. The first-order chi connectivity index (χ1) is 6.92. The number of aldehydes is 1. The molecule has 0 aliphatic heterocycles. The van der Waals surface area contributed by atoms with E-state index in [0.29, 0.717) is 6.42 Å². The molecule has 0 aliphatic carbocycles. The third-order valence-electron chi connectivity index (χ3n) is 2.30. The van der Waals surface area contributed by atoms with E-state index < -0.39 is 0 Å². The second-order valence-electron chi connectivity index (χ2n) is 3.22. The Bertz CT molecular complexity index is 446. The monoisotopic (exact) mass is 185 g/mol. The predicted molar refractivity (Wildman–Crippen MR) is 56.1 cm³/mol. The first-order valence-electron chi connectivity index (χ1n) is 4.67. The summed E-state index contributed by atoms with van der Waals surface area (Å²) < 4.78 is 0. The van der Waals surface area contributed by atoms with E-state index in [1.807, 2.05) is 24.4 Å². The van der Waals surface area contributed by atoms with Crippen LogP contribution in [0.15, 0.2) is 36.7 Å². The van der Waals surface area contributed by atoms with Gasteiger partial charge in [-0.05, 0) is 23.4 Å². The summed E-state index contributed by atoms with van der Waals surface area (Å²) >= 11 is 0. The van der Waals surface area contributed by atoms with Gasteiger partial charge in [0.2, 0.25) is 0 Å². The molecule has 0 N–H and O–H groups in total. The fraction of sp³-hybridized carbons (Fsp3) is 0.167. The van der Waals surface area contributed by atoms with Gasteiger partial charge in [0.05, 0.1) is 0 Å². The number of benzene rings is 1. The molecule has 0 unspecified atom stereocenters. The van der Waals surface area contributed by atoms with Gasteiger partial charge >= 0.3 is 0 Å². The third kappa shape index (κ3) is 1.64. The van der Waals surface area contributed by atoms with Gasteiger partial charge in [0, 0.05) is 24.2 Å². The minimum Gasteiger partial charge on any atom is -0.303 e. The van der Waals surface area contributed by atoms with Crippen LogP contribution in [0.5, 0.6) is 0 Å². The number of hydrogen-bond donors (Lipinski definition) is 0. The summed E-state index contributed by atoms with van der Waals surface area (Å²) in [6.07, 6.45) is 5.98. The van der Waals surface area contributed by atoms with Crippen molar-refractivity contribution >= 4 is 17.1 Å². The molecule has 2 heteroatoms. The van der Waals surface area contributed by atoms with Crippen molar-refractivity contribution in [2.45, 2.75) is 12.8 Å². The molecular weight excluding hydrogens is 174 g/mol. The van der Waals surface area contributed by atoms with E-state index in [1.54, 1.807) is 6.20 Å². The Kier molecular flexibility index (Phi) is 2.54. The number of fused-ring (bicyclic) bond motifs is 1. The molecule has 14 heavy (non-hydrogen) atoms. The van der Waals surface area contributed by atoms with Crippen molar-refractivity contribution in [3.63, 3.8) is 0 Å². The Morgan fingerprint density at radius 1 is 1.29 bits per heavy atom. The molecular formula is C12H11NO. The molecule has 0 saturated carbocycles. The number of aromatic nitrogens is 1. The maximum atomic E-state index is 10.3. The van der Waals surface area contributed by atoms with E-state index in [4.69, 9.17) is 0 Å². The minimum absolute atomic E-state index is 0.585. The van der Waals surface area contributed by atoms with Crippen molar-refractivity contribution in [1.29, 1.82) is 0 Å². The van der Waals surface area contributed by atoms with Gasteiger partial charge in [0.1, 0.15) is 6.29 Å². The van der Waals surface area contributed by atoms with E-state index in [9.17, 15) is 4.79 Å². The second kappa shape index (κ2) is 4.01. The molecule has 1 aromatic heterocycles. The Morgan fingerprint density at radius 2 is 2.21 bits per heavy atom. The van der Waals surface area contributed by atoms with Gasteiger partial charge in [-0.25, -0.2) is 0 Å². The smallest absolute Gasteiger partial charge is 0.120 e. The first kappa shape index (κ1) is 8.88. The number of carbonyl (C=O) groups excluding carboxylic acids is 1. The average molecular weight is 185 g/mol. The topological polar surface area (TPSA) is 30.0 Å². The van der Waals surface area contributed by atoms with E-state index in [-0.39, 0.29) is 0 Å². The van der Waals surface area contributed by atoms with Gasteiger partial charge < -0.3 is 4.79 Å². The lowest BCUT2D eigenvalue weighted by Crippen LogP contribution is -1.88. The van der Waals surface area contributed by atoms with Crippen LogP contribution in [0, 0.1) is 0 Å². The van der Waals surface area contributed by atoms with Crippen LogP contribution < -0.4 is 0 Å². The molecule has 0 amide bonds. The summed E-state index contributed by atoms with van der Waals surface area (Å²) in [7, 11) is 0. The maximum absolute atomic E-state index is 10.3. The van der Waals surface area contributed by atoms with E-state index in [2.05, 4.69) is 11.1 Å². The van der Waals surface area contributed by atoms with Crippen LogP contribution in [0.2, 0.25) is 0 Å². The van der Waals surface area contributed by atoms with Crippen LogP contribution in [-0.2, 0) is 11.2 Å². The zero-order chi connectivity index (χ0) is 9.80. The van der Waals surface area contributed by atoms with Crippen LogP contribution in [0.1, 0.15) is 12.0 Å². The Morgan fingerprint density at radius 3 is 3.07 bits per heavy atom. The quantitative estimate of drug-likeness (QED) is 0.687. The number of aryl methyl sites for hydroxylation is 1. The molecule has 0 saturated heterocycles. The fourth-order valence-electron chi connectivity index (χ4n) is 1.62. The molecule has 1 heterocycles. The number of carbonyl (C=O) groups is 1. The molecule has 1 aromatic carbocycles. The standard InChI is InChI=1S/C12H11NO/c14-8-2-5-10-3-1-4-11-9-13-7-6-12(10)11/h1,3-4,6-9H,2,5H2. The number of nitrogens with zero attached hydrogens (tertiary/aromatic N) is 1. The van der Waals surface area contributed by atoms with Gasteiger partial charge in [0.15, 0.2) is 0 Å². The lowest BCUT2D eigenvalue weighted by Gasteiger charge is -2.03. The summed E-state index contributed by atoms with van der Waals surface area (Å²) in [6.45, 7) is 0.